The first-order valence-corrected chi connectivity index (χ1v) is 7.20. The molecule has 1 aliphatic heterocycles. The van der Waals surface area contributed by atoms with Gasteiger partial charge in [0, 0.05) is 35.5 Å². The van der Waals surface area contributed by atoms with Crippen LogP contribution in [-0.2, 0) is 4.79 Å². The summed E-state index contributed by atoms with van der Waals surface area (Å²) in [5, 5.41) is 20.3. The molecule has 0 atom stereocenters. The first-order valence-electron chi connectivity index (χ1n) is 7.20. The van der Waals surface area contributed by atoms with Crippen molar-refractivity contribution in [2.45, 2.75) is 12.8 Å². The SMILES string of the molecule is O=C(O)CCCN1C(=O)c2cccc3c([N+](=O)[O-])ccc(c23)C1=O. The lowest BCUT2D eigenvalue weighted by Gasteiger charge is -2.26. The highest BCUT2D eigenvalue weighted by Crippen LogP contribution is 2.35. The third kappa shape index (κ3) is 2.37. The topological polar surface area (TPSA) is 118 Å². The van der Waals surface area contributed by atoms with Crippen LogP contribution < -0.4 is 0 Å². The predicted octanol–water partition coefficient (Wildman–Crippen LogP) is 2.21. The van der Waals surface area contributed by atoms with E-state index in [-0.39, 0.29) is 47.0 Å². The minimum atomic E-state index is -1.01. The second-order valence-corrected chi connectivity index (χ2v) is 5.38. The highest BCUT2D eigenvalue weighted by atomic mass is 16.6. The molecule has 2 amide bonds. The van der Waals surface area contributed by atoms with E-state index in [9.17, 15) is 24.5 Å². The Morgan fingerprint density at radius 1 is 1.12 bits per heavy atom. The lowest BCUT2D eigenvalue weighted by atomic mass is 9.93. The van der Waals surface area contributed by atoms with Crippen LogP contribution in [0.25, 0.3) is 10.8 Å². The molecule has 0 saturated carbocycles. The Bertz CT molecular complexity index is 883. The zero-order valence-corrected chi connectivity index (χ0v) is 12.4. The molecular weight excluding hydrogens is 316 g/mol. The van der Waals surface area contributed by atoms with Gasteiger partial charge >= 0.3 is 5.97 Å². The van der Waals surface area contributed by atoms with Gasteiger partial charge < -0.3 is 5.11 Å². The fraction of sp³-hybridized carbons (Fsp3) is 0.188. The molecule has 1 heterocycles. The Morgan fingerprint density at radius 3 is 2.42 bits per heavy atom. The van der Waals surface area contributed by atoms with E-state index < -0.39 is 22.7 Å². The molecule has 3 rings (SSSR count). The number of rotatable bonds is 5. The van der Waals surface area contributed by atoms with Crippen LogP contribution in [0.15, 0.2) is 30.3 Å². The number of amides is 2. The number of hydrogen-bond donors (Lipinski definition) is 1. The van der Waals surface area contributed by atoms with Gasteiger partial charge in [-0.3, -0.25) is 29.4 Å². The molecule has 122 valence electrons. The van der Waals surface area contributed by atoms with Crippen molar-refractivity contribution < 1.29 is 24.4 Å². The number of nitro benzene ring substituents is 1. The van der Waals surface area contributed by atoms with Gasteiger partial charge in [-0.05, 0) is 24.6 Å². The first kappa shape index (κ1) is 15.6. The van der Waals surface area contributed by atoms with Crippen molar-refractivity contribution >= 4 is 34.2 Å². The maximum Gasteiger partial charge on any atom is 0.303 e. The number of non-ortho nitro benzene ring substituents is 1. The highest BCUT2D eigenvalue weighted by Gasteiger charge is 2.34. The van der Waals surface area contributed by atoms with Gasteiger partial charge in [0.25, 0.3) is 17.5 Å². The summed E-state index contributed by atoms with van der Waals surface area (Å²) in [6.07, 6.45) is -0.0144. The predicted molar refractivity (Wildman–Crippen MR) is 82.8 cm³/mol. The Morgan fingerprint density at radius 2 is 1.79 bits per heavy atom. The largest absolute Gasteiger partial charge is 0.481 e. The van der Waals surface area contributed by atoms with Crippen LogP contribution in [0.5, 0.6) is 0 Å². The molecule has 0 fully saturated rings. The van der Waals surface area contributed by atoms with E-state index in [1.54, 1.807) is 0 Å². The fourth-order valence-electron chi connectivity index (χ4n) is 2.88. The summed E-state index contributed by atoms with van der Waals surface area (Å²) < 4.78 is 0. The second-order valence-electron chi connectivity index (χ2n) is 5.38. The van der Waals surface area contributed by atoms with Crippen LogP contribution >= 0.6 is 0 Å². The molecule has 8 heteroatoms. The Balaban J connectivity index is 2.09. The van der Waals surface area contributed by atoms with Crippen molar-refractivity contribution in [2.75, 3.05) is 6.54 Å². The van der Waals surface area contributed by atoms with E-state index in [2.05, 4.69) is 0 Å². The molecular formula is C16H12N2O6. The van der Waals surface area contributed by atoms with Gasteiger partial charge in [0.05, 0.1) is 10.3 Å². The molecule has 0 unspecified atom stereocenters. The van der Waals surface area contributed by atoms with E-state index in [4.69, 9.17) is 5.11 Å². The number of carboxylic acid groups (broad SMARTS) is 1. The lowest BCUT2D eigenvalue weighted by Crippen LogP contribution is -2.41. The average molecular weight is 328 g/mol. The number of nitro groups is 1. The van der Waals surface area contributed by atoms with Crippen molar-refractivity contribution in [3.63, 3.8) is 0 Å². The molecule has 0 saturated heterocycles. The van der Waals surface area contributed by atoms with Crippen molar-refractivity contribution in [2.24, 2.45) is 0 Å². The van der Waals surface area contributed by atoms with Crippen LogP contribution in [0, 0.1) is 10.1 Å². The third-order valence-corrected chi connectivity index (χ3v) is 3.94. The first-order chi connectivity index (χ1) is 11.4. The molecule has 0 spiro atoms. The normalized spacial score (nSPS) is 13.4. The summed E-state index contributed by atoms with van der Waals surface area (Å²) in [4.78, 5) is 47.3. The number of aliphatic carboxylic acids is 1. The molecule has 2 aromatic rings. The minimum Gasteiger partial charge on any atom is -0.481 e. The van der Waals surface area contributed by atoms with Gasteiger partial charge in [0.2, 0.25) is 0 Å². The summed E-state index contributed by atoms with van der Waals surface area (Å²) in [7, 11) is 0. The van der Waals surface area contributed by atoms with Crippen molar-refractivity contribution in [3.8, 4) is 0 Å². The number of nitrogens with zero attached hydrogens (tertiary/aromatic N) is 2. The van der Waals surface area contributed by atoms with Crippen molar-refractivity contribution in [1.82, 2.24) is 4.90 Å². The van der Waals surface area contributed by atoms with Crippen LogP contribution in [-0.4, -0.2) is 39.3 Å². The van der Waals surface area contributed by atoms with E-state index in [0.717, 1.165) is 4.90 Å². The van der Waals surface area contributed by atoms with Gasteiger partial charge in [-0.2, -0.15) is 0 Å². The summed E-state index contributed by atoms with van der Waals surface area (Å²) in [5.74, 6) is -2.14. The average Bonchev–Trinajstić information content (AvgIpc) is 2.54. The number of hydrogen-bond acceptors (Lipinski definition) is 5. The maximum absolute atomic E-state index is 12.6. The molecule has 0 radical (unpaired) electrons. The number of benzene rings is 2. The van der Waals surface area contributed by atoms with Crippen molar-refractivity contribution in [1.29, 1.82) is 0 Å². The van der Waals surface area contributed by atoms with Crippen LogP contribution in [0.3, 0.4) is 0 Å². The number of carboxylic acids is 1. The van der Waals surface area contributed by atoms with E-state index >= 15 is 0 Å². The molecule has 8 nitrogen and oxygen atoms in total. The summed E-state index contributed by atoms with van der Waals surface area (Å²) in [6.45, 7) is -0.0171. The van der Waals surface area contributed by atoms with E-state index in [0.29, 0.717) is 0 Å². The lowest BCUT2D eigenvalue weighted by molar-refractivity contribution is -0.383. The summed E-state index contributed by atoms with van der Waals surface area (Å²) in [5.41, 5.74) is 0.248. The minimum absolute atomic E-state index is 0.0171. The monoisotopic (exact) mass is 328 g/mol. The van der Waals surface area contributed by atoms with Crippen LogP contribution in [0.2, 0.25) is 0 Å². The maximum atomic E-state index is 12.6. The smallest absolute Gasteiger partial charge is 0.303 e. The third-order valence-electron chi connectivity index (χ3n) is 3.94. The van der Waals surface area contributed by atoms with Gasteiger partial charge in [-0.25, -0.2) is 0 Å². The summed E-state index contributed by atoms with van der Waals surface area (Å²) in [6, 6.07) is 7.11. The van der Waals surface area contributed by atoms with Crippen molar-refractivity contribution in [3.05, 3.63) is 51.6 Å². The fourth-order valence-corrected chi connectivity index (χ4v) is 2.88. The highest BCUT2D eigenvalue weighted by molar-refractivity contribution is 6.26. The zero-order chi connectivity index (χ0) is 17.4. The quantitative estimate of drug-likeness (QED) is 0.511. The zero-order valence-electron chi connectivity index (χ0n) is 12.4. The number of imide groups is 1. The second kappa shape index (κ2) is 5.73. The van der Waals surface area contributed by atoms with E-state index in [1.165, 1.54) is 30.3 Å². The Kier molecular flexibility index (Phi) is 3.72. The molecule has 0 aromatic heterocycles. The Hall–Kier alpha value is -3.29. The Labute approximate surface area is 135 Å². The molecule has 24 heavy (non-hydrogen) atoms. The van der Waals surface area contributed by atoms with Crippen LogP contribution in [0.1, 0.15) is 33.6 Å². The number of carbonyl (C=O) groups excluding carboxylic acids is 2. The van der Waals surface area contributed by atoms with Gasteiger partial charge in [0.1, 0.15) is 0 Å². The van der Waals surface area contributed by atoms with Gasteiger partial charge in [-0.15, -0.1) is 0 Å². The standard InChI is InChI=1S/C16H12N2O6/c19-13(20)5-2-8-17-15(21)10-4-1-3-9-12(18(23)24)7-6-11(14(9)10)16(17)22/h1,3-4,6-7H,2,5,8H2,(H,19,20). The number of carbonyl (C=O) groups is 3. The summed E-state index contributed by atoms with van der Waals surface area (Å²) >= 11 is 0. The molecule has 0 bridgehead atoms. The van der Waals surface area contributed by atoms with Gasteiger partial charge in [-0.1, -0.05) is 6.07 Å². The van der Waals surface area contributed by atoms with Crippen LogP contribution in [0.4, 0.5) is 5.69 Å². The molecule has 1 aliphatic rings. The van der Waals surface area contributed by atoms with Gasteiger partial charge in [0.15, 0.2) is 0 Å². The van der Waals surface area contributed by atoms with E-state index in [1.807, 2.05) is 0 Å². The molecule has 1 N–H and O–H groups in total. The molecule has 0 aliphatic carbocycles. The molecule has 2 aromatic carbocycles.